The molecule has 0 N–H and O–H groups in total. The van der Waals surface area contributed by atoms with E-state index in [1.54, 1.807) is 16.8 Å². The highest BCUT2D eigenvalue weighted by Gasteiger charge is 2.16. The topological polar surface area (TPSA) is 78.3 Å². The van der Waals surface area contributed by atoms with Crippen molar-refractivity contribution in [3.05, 3.63) is 76.3 Å². The van der Waals surface area contributed by atoms with Gasteiger partial charge in [0.05, 0.1) is 22.3 Å². The molecule has 0 fully saturated rings. The molecular weight excluding hydrogens is 422 g/mol. The quantitative estimate of drug-likeness (QED) is 0.451. The molecular formula is C20H10BrN5S. The summed E-state index contributed by atoms with van der Waals surface area (Å²) in [6.07, 6.45) is 0. The lowest BCUT2D eigenvalue weighted by Crippen LogP contribution is -2.01. The average Bonchev–Trinajstić information content (AvgIpc) is 3.13. The Morgan fingerprint density at radius 1 is 0.926 bits per heavy atom. The van der Waals surface area contributed by atoms with Gasteiger partial charge in [0.2, 0.25) is 0 Å². The van der Waals surface area contributed by atoms with E-state index < -0.39 is 0 Å². The van der Waals surface area contributed by atoms with E-state index >= 15 is 0 Å². The molecule has 0 aliphatic carbocycles. The van der Waals surface area contributed by atoms with Crippen LogP contribution < -0.4 is 0 Å². The van der Waals surface area contributed by atoms with Crippen molar-refractivity contribution in [1.82, 2.24) is 15.0 Å². The predicted molar refractivity (Wildman–Crippen MR) is 107 cm³/mol. The number of hydrogen-bond donors (Lipinski definition) is 0. The maximum absolute atomic E-state index is 9.44. The fraction of sp³-hybridized carbons (Fsp3) is 0. The van der Waals surface area contributed by atoms with Crippen LogP contribution in [0.5, 0.6) is 0 Å². The minimum atomic E-state index is 0.312. The van der Waals surface area contributed by atoms with Crippen LogP contribution in [0.15, 0.2) is 74.9 Å². The molecule has 4 rings (SSSR count). The Balaban J connectivity index is 1.92. The molecule has 0 saturated heterocycles. The molecule has 0 aliphatic rings. The zero-order valence-electron chi connectivity index (χ0n) is 13.8. The van der Waals surface area contributed by atoms with Gasteiger partial charge in [-0.05, 0) is 48.5 Å². The maximum atomic E-state index is 9.44. The first kappa shape index (κ1) is 17.3. The summed E-state index contributed by atoms with van der Waals surface area (Å²) in [4.78, 5) is 1.83. The van der Waals surface area contributed by atoms with Gasteiger partial charge in [0.25, 0.3) is 0 Å². The van der Waals surface area contributed by atoms with Crippen molar-refractivity contribution in [3.8, 4) is 17.8 Å². The number of nitrogens with zero attached hydrogens (tertiary/aromatic N) is 5. The predicted octanol–water partition coefficient (Wildman–Crippen LogP) is 5.08. The summed E-state index contributed by atoms with van der Waals surface area (Å²) in [5.41, 5.74) is 2.97. The molecule has 0 spiro atoms. The molecule has 0 aliphatic heterocycles. The fourth-order valence-electron chi connectivity index (χ4n) is 2.68. The number of para-hydroxylation sites is 1. The van der Waals surface area contributed by atoms with E-state index in [2.05, 4.69) is 38.4 Å². The van der Waals surface area contributed by atoms with Gasteiger partial charge in [0.1, 0.15) is 17.7 Å². The Morgan fingerprint density at radius 3 is 2.37 bits per heavy atom. The summed E-state index contributed by atoms with van der Waals surface area (Å²) in [6, 6.07) is 23.1. The van der Waals surface area contributed by atoms with Gasteiger partial charge < -0.3 is 0 Å². The average molecular weight is 432 g/mol. The molecule has 128 valence electrons. The molecule has 27 heavy (non-hydrogen) atoms. The van der Waals surface area contributed by atoms with Gasteiger partial charge in [0, 0.05) is 14.3 Å². The van der Waals surface area contributed by atoms with Crippen LogP contribution in [0.25, 0.3) is 16.7 Å². The number of nitriles is 2. The Bertz CT molecular complexity index is 1230. The van der Waals surface area contributed by atoms with Crippen molar-refractivity contribution in [2.75, 3.05) is 0 Å². The lowest BCUT2D eigenvalue weighted by Gasteiger charge is -2.11. The van der Waals surface area contributed by atoms with Gasteiger partial charge in [-0.25, -0.2) is 4.68 Å². The molecule has 1 heterocycles. The van der Waals surface area contributed by atoms with Crippen molar-refractivity contribution >= 4 is 38.7 Å². The van der Waals surface area contributed by atoms with E-state index in [9.17, 15) is 10.5 Å². The van der Waals surface area contributed by atoms with E-state index in [1.807, 2.05) is 48.5 Å². The van der Waals surface area contributed by atoms with Gasteiger partial charge in [-0.3, -0.25) is 0 Å². The summed E-state index contributed by atoms with van der Waals surface area (Å²) in [6.45, 7) is 0. The molecule has 4 aromatic rings. The summed E-state index contributed by atoms with van der Waals surface area (Å²) in [5, 5.41) is 27.3. The van der Waals surface area contributed by atoms with Crippen LogP contribution in [0.4, 0.5) is 0 Å². The Morgan fingerprint density at radius 2 is 1.63 bits per heavy atom. The second-order valence-electron chi connectivity index (χ2n) is 5.64. The normalized spacial score (nSPS) is 10.5. The lowest BCUT2D eigenvalue weighted by molar-refractivity contribution is 0.811. The fourth-order valence-corrected chi connectivity index (χ4v) is 3.89. The first-order valence-corrected chi connectivity index (χ1v) is 9.53. The van der Waals surface area contributed by atoms with Crippen LogP contribution in [0.1, 0.15) is 11.1 Å². The molecule has 1 aromatic heterocycles. The minimum Gasteiger partial charge on any atom is -0.212 e. The summed E-state index contributed by atoms with van der Waals surface area (Å²) >= 11 is 4.94. The van der Waals surface area contributed by atoms with Crippen LogP contribution >= 0.6 is 27.7 Å². The highest BCUT2D eigenvalue weighted by Crippen LogP contribution is 2.35. The number of aromatic nitrogens is 3. The van der Waals surface area contributed by atoms with Crippen molar-refractivity contribution in [1.29, 1.82) is 10.5 Å². The van der Waals surface area contributed by atoms with Gasteiger partial charge in [0.15, 0.2) is 0 Å². The number of halogens is 1. The minimum absolute atomic E-state index is 0.312. The zero-order valence-corrected chi connectivity index (χ0v) is 16.2. The van der Waals surface area contributed by atoms with Crippen molar-refractivity contribution in [2.24, 2.45) is 0 Å². The molecule has 0 radical (unpaired) electrons. The third kappa shape index (κ3) is 3.31. The molecule has 0 amide bonds. The Hall–Kier alpha value is -3.13. The number of benzene rings is 3. The van der Waals surface area contributed by atoms with Crippen LogP contribution in [-0.4, -0.2) is 15.0 Å². The smallest absolute Gasteiger partial charge is 0.113 e. The van der Waals surface area contributed by atoms with E-state index in [1.165, 1.54) is 11.8 Å². The lowest BCUT2D eigenvalue weighted by atomic mass is 10.1. The standard InChI is InChI=1S/C20H10BrN5S/c21-15-5-7-16(8-6-15)27-20-10-14(12-23)13(11-22)9-19(20)26-18-4-2-1-3-17(18)24-25-26/h1-10H. The number of hydrogen-bond acceptors (Lipinski definition) is 5. The molecule has 0 unspecified atom stereocenters. The number of fused-ring (bicyclic) bond motifs is 1. The highest BCUT2D eigenvalue weighted by atomic mass is 79.9. The zero-order chi connectivity index (χ0) is 18.8. The summed E-state index contributed by atoms with van der Waals surface area (Å²) < 4.78 is 2.70. The van der Waals surface area contributed by atoms with Crippen LogP contribution in [0.2, 0.25) is 0 Å². The van der Waals surface area contributed by atoms with E-state index in [4.69, 9.17) is 0 Å². The first-order chi connectivity index (χ1) is 13.2. The van der Waals surface area contributed by atoms with E-state index in [0.29, 0.717) is 16.8 Å². The molecule has 0 saturated carbocycles. The second-order valence-corrected chi connectivity index (χ2v) is 7.67. The second kappa shape index (κ2) is 7.24. The summed E-state index contributed by atoms with van der Waals surface area (Å²) in [7, 11) is 0. The van der Waals surface area contributed by atoms with E-state index in [0.717, 1.165) is 25.3 Å². The van der Waals surface area contributed by atoms with Crippen LogP contribution in [0, 0.1) is 22.7 Å². The Labute approximate surface area is 168 Å². The molecule has 0 atom stereocenters. The Kier molecular flexibility index (Phi) is 4.64. The first-order valence-electron chi connectivity index (χ1n) is 7.92. The third-order valence-electron chi connectivity index (χ3n) is 3.96. The third-order valence-corrected chi connectivity index (χ3v) is 5.54. The highest BCUT2D eigenvalue weighted by molar-refractivity contribution is 9.10. The molecule has 0 bridgehead atoms. The van der Waals surface area contributed by atoms with Crippen molar-refractivity contribution in [2.45, 2.75) is 9.79 Å². The maximum Gasteiger partial charge on any atom is 0.113 e. The van der Waals surface area contributed by atoms with Crippen molar-refractivity contribution < 1.29 is 0 Å². The van der Waals surface area contributed by atoms with Gasteiger partial charge in [-0.15, -0.1) is 5.10 Å². The monoisotopic (exact) mass is 431 g/mol. The van der Waals surface area contributed by atoms with Gasteiger partial charge >= 0.3 is 0 Å². The molecule has 5 nitrogen and oxygen atoms in total. The number of rotatable bonds is 3. The SMILES string of the molecule is N#Cc1cc(Sc2ccc(Br)cc2)c(-n2nnc3ccccc32)cc1C#N. The van der Waals surface area contributed by atoms with Crippen molar-refractivity contribution in [3.63, 3.8) is 0 Å². The summed E-state index contributed by atoms with van der Waals surface area (Å²) in [5.74, 6) is 0. The molecule has 7 heteroatoms. The van der Waals surface area contributed by atoms with Crippen LogP contribution in [-0.2, 0) is 0 Å². The van der Waals surface area contributed by atoms with Crippen LogP contribution in [0.3, 0.4) is 0 Å². The van der Waals surface area contributed by atoms with Gasteiger partial charge in [-0.1, -0.05) is 45.0 Å². The van der Waals surface area contributed by atoms with Gasteiger partial charge in [-0.2, -0.15) is 10.5 Å². The van der Waals surface area contributed by atoms with E-state index in [-0.39, 0.29) is 0 Å². The largest absolute Gasteiger partial charge is 0.212 e. The molecule has 3 aromatic carbocycles.